The predicted octanol–water partition coefficient (Wildman–Crippen LogP) is 2.50. The maximum atomic E-state index is 4.58. The number of rotatable bonds is 6. The molecule has 0 unspecified atom stereocenters. The highest BCUT2D eigenvalue weighted by Crippen LogP contribution is 2.36. The zero-order valence-corrected chi connectivity index (χ0v) is 12.2. The topological polar surface area (TPSA) is 33.1 Å². The molecule has 4 nitrogen and oxygen atoms in total. The van der Waals surface area contributed by atoms with Crippen LogP contribution in [-0.2, 0) is 6.54 Å². The van der Waals surface area contributed by atoms with Crippen molar-refractivity contribution in [3.63, 3.8) is 0 Å². The Morgan fingerprint density at radius 1 is 1.44 bits per heavy atom. The molecule has 1 N–H and O–H groups in total. The summed E-state index contributed by atoms with van der Waals surface area (Å²) in [6.07, 6.45) is 7.21. The van der Waals surface area contributed by atoms with Gasteiger partial charge in [-0.3, -0.25) is 0 Å². The van der Waals surface area contributed by atoms with Crippen molar-refractivity contribution in [1.29, 1.82) is 0 Å². The molecule has 1 aromatic rings. The van der Waals surface area contributed by atoms with Crippen LogP contribution in [0.4, 0.5) is 5.95 Å². The number of aryl methyl sites for hydroxylation is 2. The molecule has 1 saturated carbocycles. The lowest BCUT2D eigenvalue weighted by atomic mass is 9.75. The minimum absolute atomic E-state index is 0.344. The van der Waals surface area contributed by atoms with Crippen molar-refractivity contribution < 1.29 is 0 Å². The van der Waals surface area contributed by atoms with E-state index in [0.29, 0.717) is 5.54 Å². The molecule has 0 spiro atoms. The second-order valence-corrected chi connectivity index (χ2v) is 5.73. The fourth-order valence-corrected chi connectivity index (χ4v) is 2.71. The average Bonchev–Trinajstić information content (AvgIpc) is 2.57. The summed E-state index contributed by atoms with van der Waals surface area (Å²) in [5.74, 6) is 1.03. The van der Waals surface area contributed by atoms with Crippen molar-refractivity contribution in [3.8, 4) is 0 Å². The van der Waals surface area contributed by atoms with Crippen molar-refractivity contribution in [1.82, 2.24) is 14.5 Å². The Labute approximate surface area is 110 Å². The molecule has 1 aromatic heterocycles. The molecular formula is C14H26N4. The summed E-state index contributed by atoms with van der Waals surface area (Å²) in [7, 11) is 4.37. The van der Waals surface area contributed by atoms with Crippen molar-refractivity contribution in [3.05, 3.63) is 11.9 Å². The van der Waals surface area contributed by atoms with Gasteiger partial charge in [0.25, 0.3) is 0 Å². The lowest BCUT2D eigenvalue weighted by Gasteiger charge is -2.47. The third kappa shape index (κ3) is 2.53. The molecule has 0 bridgehead atoms. The van der Waals surface area contributed by atoms with Crippen molar-refractivity contribution in [2.24, 2.45) is 0 Å². The molecule has 102 valence electrons. The number of nitrogens with one attached hydrogen (secondary N) is 1. The number of imidazole rings is 1. The minimum Gasteiger partial charge on any atom is -0.354 e. The highest BCUT2D eigenvalue weighted by molar-refractivity contribution is 5.30. The number of hydrogen-bond acceptors (Lipinski definition) is 3. The molecule has 0 amide bonds. The van der Waals surface area contributed by atoms with Gasteiger partial charge in [-0.15, -0.1) is 0 Å². The molecular weight excluding hydrogens is 224 g/mol. The van der Waals surface area contributed by atoms with Crippen LogP contribution in [0.15, 0.2) is 6.20 Å². The van der Waals surface area contributed by atoms with Crippen molar-refractivity contribution in [2.75, 3.05) is 26.0 Å². The van der Waals surface area contributed by atoms with E-state index in [4.69, 9.17) is 0 Å². The van der Waals surface area contributed by atoms with Crippen LogP contribution in [0.25, 0.3) is 0 Å². The highest BCUT2D eigenvalue weighted by atomic mass is 15.2. The van der Waals surface area contributed by atoms with Gasteiger partial charge >= 0.3 is 0 Å². The third-order valence-electron chi connectivity index (χ3n) is 4.17. The van der Waals surface area contributed by atoms with E-state index >= 15 is 0 Å². The maximum absolute atomic E-state index is 4.58. The lowest BCUT2D eigenvalue weighted by Crippen LogP contribution is -2.54. The van der Waals surface area contributed by atoms with E-state index in [2.05, 4.69) is 53.9 Å². The molecule has 0 aliphatic heterocycles. The van der Waals surface area contributed by atoms with Crippen LogP contribution < -0.4 is 5.32 Å². The summed E-state index contributed by atoms with van der Waals surface area (Å²) in [6.45, 7) is 6.30. The average molecular weight is 250 g/mol. The Bertz CT molecular complexity index is 390. The summed E-state index contributed by atoms with van der Waals surface area (Å²) in [4.78, 5) is 6.95. The van der Waals surface area contributed by atoms with Crippen LogP contribution in [0.1, 0.15) is 38.3 Å². The first-order valence-electron chi connectivity index (χ1n) is 7.02. The first kappa shape index (κ1) is 13.4. The second kappa shape index (κ2) is 5.31. The first-order valence-corrected chi connectivity index (χ1v) is 7.02. The number of anilines is 1. The number of aromatic nitrogens is 2. The normalized spacial score (nSPS) is 17.8. The predicted molar refractivity (Wildman–Crippen MR) is 76.0 cm³/mol. The smallest absolute Gasteiger partial charge is 0.203 e. The maximum Gasteiger partial charge on any atom is 0.203 e. The Hall–Kier alpha value is -1.03. The molecule has 0 saturated heterocycles. The van der Waals surface area contributed by atoms with Gasteiger partial charge in [0, 0.05) is 24.8 Å². The lowest BCUT2D eigenvalue weighted by molar-refractivity contribution is 0.0736. The Morgan fingerprint density at radius 3 is 2.67 bits per heavy atom. The number of nitrogens with zero attached hydrogens (tertiary/aromatic N) is 3. The Balaban J connectivity index is 2.01. The molecule has 1 fully saturated rings. The van der Waals surface area contributed by atoms with Gasteiger partial charge in [0.15, 0.2) is 0 Å². The zero-order chi connectivity index (χ0) is 13.2. The second-order valence-electron chi connectivity index (χ2n) is 5.73. The van der Waals surface area contributed by atoms with Crippen LogP contribution in [-0.4, -0.2) is 40.6 Å². The Kier molecular flexibility index (Phi) is 3.95. The zero-order valence-electron chi connectivity index (χ0n) is 12.2. The van der Waals surface area contributed by atoms with Crippen LogP contribution in [0.5, 0.6) is 0 Å². The van der Waals surface area contributed by atoms with Gasteiger partial charge < -0.3 is 14.8 Å². The van der Waals surface area contributed by atoms with E-state index in [0.717, 1.165) is 31.2 Å². The van der Waals surface area contributed by atoms with Gasteiger partial charge in [0.05, 0.1) is 5.69 Å². The summed E-state index contributed by atoms with van der Waals surface area (Å²) < 4.78 is 2.23. The van der Waals surface area contributed by atoms with Gasteiger partial charge in [0.1, 0.15) is 0 Å². The molecule has 0 radical (unpaired) electrons. The largest absolute Gasteiger partial charge is 0.354 e. The van der Waals surface area contributed by atoms with Gasteiger partial charge in [-0.2, -0.15) is 0 Å². The molecule has 2 rings (SSSR count). The van der Waals surface area contributed by atoms with Crippen LogP contribution >= 0.6 is 0 Å². The quantitative estimate of drug-likeness (QED) is 0.842. The molecule has 4 heteroatoms. The van der Waals surface area contributed by atoms with Gasteiger partial charge in [-0.25, -0.2) is 4.98 Å². The van der Waals surface area contributed by atoms with Gasteiger partial charge in [0.2, 0.25) is 5.95 Å². The van der Waals surface area contributed by atoms with E-state index in [1.54, 1.807) is 0 Å². The van der Waals surface area contributed by atoms with Gasteiger partial charge in [-0.05, 0) is 46.7 Å². The summed E-state index contributed by atoms with van der Waals surface area (Å²) in [5.41, 5.74) is 1.44. The number of likely N-dealkylation sites (N-methyl/N-ethyl adjacent to an activating group) is 1. The van der Waals surface area contributed by atoms with E-state index in [9.17, 15) is 0 Å². The molecule has 1 aliphatic rings. The van der Waals surface area contributed by atoms with Gasteiger partial charge in [-0.1, -0.05) is 6.92 Å². The van der Waals surface area contributed by atoms with Crippen molar-refractivity contribution in [2.45, 2.75) is 51.6 Å². The SMILES string of the molecule is CCCn1cc(C)nc1NCC1(N(C)C)CCC1. The Morgan fingerprint density at radius 2 is 2.17 bits per heavy atom. The summed E-state index contributed by atoms with van der Waals surface area (Å²) in [5, 5.41) is 3.55. The number of hydrogen-bond donors (Lipinski definition) is 1. The minimum atomic E-state index is 0.344. The van der Waals surface area contributed by atoms with E-state index < -0.39 is 0 Å². The molecule has 1 aliphatic carbocycles. The standard InChI is InChI=1S/C14H26N4/c1-5-9-18-10-12(2)16-13(18)15-11-14(17(3)4)7-6-8-14/h10H,5-9,11H2,1-4H3,(H,15,16). The van der Waals surface area contributed by atoms with Crippen LogP contribution in [0.3, 0.4) is 0 Å². The fourth-order valence-electron chi connectivity index (χ4n) is 2.71. The highest BCUT2D eigenvalue weighted by Gasteiger charge is 2.38. The molecule has 0 aromatic carbocycles. The third-order valence-corrected chi connectivity index (χ3v) is 4.17. The van der Waals surface area contributed by atoms with E-state index in [1.165, 1.54) is 19.3 Å². The van der Waals surface area contributed by atoms with E-state index in [1.807, 2.05) is 0 Å². The molecule has 1 heterocycles. The summed E-state index contributed by atoms with van der Waals surface area (Å²) >= 11 is 0. The first-order chi connectivity index (χ1) is 8.57. The van der Waals surface area contributed by atoms with Crippen molar-refractivity contribution >= 4 is 5.95 Å². The van der Waals surface area contributed by atoms with E-state index in [-0.39, 0.29) is 0 Å². The fraction of sp³-hybridized carbons (Fsp3) is 0.786. The molecule has 0 atom stereocenters. The monoisotopic (exact) mass is 250 g/mol. The summed E-state index contributed by atoms with van der Waals surface area (Å²) in [6, 6.07) is 0. The molecule has 18 heavy (non-hydrogen) atoms. The van der Waals surface area contributed by atoms with Crippen LogP contribution in [0, 0.1) is 6.92 Å². The van der Waals surface area contributed by atoms with Crippen LogP contribution in [0.2, 0.25) is 0 Å².